The Morgan fingerprint density at radius 2 is 1.76 bits per heavy atom. The number of carboxylic acids is 1. The highest BCUT2D eigenvalue weighted by Crippen LogP contribution is 2.25. The van der Waals surface area contributed by atoms with Crippen molar-refractivity contribution in [1.29, 1.82) is 0 Å². The van der Waals surface area contributed by atoms with E-state index in [0.29, 0.717) is 44.8 Å². The fraction of sp³-hybridized carbons (Fsp3) is 0.600. The summed E-state index contributed by atoms with van der Waals surface area (Å²) in [6.07, 6.45) is 3.13. The highest BCUT2D eigenvalue weighted by Gasteiger charge is 2.36. The van der Waals surface area contributed by atoms with Crippen LogP contribution >= 0.6 is 0 Å². The van der Waals surface area contributed by atoms with Crippen molar-refractivity contribution in [3.8, 4) is 0 Å². The number of hydrogen-bond donors (Lipinski definition) is 2. The zero-order valence-electron chi connectivity index (χ0n) is 15.2. The fourth-order valence-electron chi connectivity index (χ4n) is 3.33. The number of aryl methyl sites for hydroxylation is 1. The second-order valence-corrected chi connectivity index (χ2v) is 7.43. The van der Waals surface area contributed by atoms with Crippen molar-refractivity contribution >= 4 is 11.9 Å². The molecule has 1 saturated heterocycles. The molecular weight excluding hydrogens is 318 g/mol. The van der Waals surface area contributed by atoms with Gasteiger partial charge < -0.3 is 15.2 Å². The Bertz CT molecular complexity index is 574. The molecule has 0 bridgehead atoms. The summed E-state index contributed by atoms with van der Waals surface area (Å²) in [5.41, 5.74) is 1.77. The molecular formula is C20H29NO4. The minimum Gasteiger partial charge on any atom is -0.481 e. The molecule has 0 spiro atoms. The van der Waals surface area contributed by atoms with E-state index in [4.69, 9.17) is 9.84 Å². The third-order valence-corrected chi connectivity index (χ3v) is 4.65. The number of carbonyl (C=O) groups excluding carboxylic acids is 1. The molecule has 2 N–H and O–H groups in total. The topological polar surface area (TPSA) is 75.6 Å². The first-order valence-electron chi connectivity index (χ1n) is 9.07. The smallest absolute Gasteiger partial charge is 0.305 e. The lowest BCUT2D eigenvalue weighted by Gasteiger charge is -2.36. The molecule has 0 radical (unpaired) electrons. The first kappa shape index (κ1) is 19.4. The first-order valence-corrected chi connectivity index (χ1v) is 9.07. The number of nitrogens with one attached hydrogen (secondary N) is 1. The molecule has 0 saturated carbocycles. The van der Waals surface area contributed by atoms with Crippen LogP contribution in [0.15, 0.2) is 24.3 Å². The number of carbonyl (C=O) groups is 2. The Balaban J connectivity index is 1.87. The van der Waals surface area contributed by atoms with Gasteiger partial charge in [-0.1, -0.05) is 38.1 Å². The number of benzene rings is 1. The molecule has 1 aromatic rings. The zero-order valence-corrected chi connectivity index (χ0v) is 15.2. The Labute approximate surface area is 149 Å². The third kappa shape index (κ3) is 6.50. The Morgan fingerprint density at radius 1 is 1.16 bits per heavy atom. The Kier molecular flexibility index (Phi) is 7.00. The van der Waals surface area contributed by atoms with E-state index in [1.165, 1.54) is 5.56 Å². The van der Waals surface area contributed by atoms with Crippen LogP contribution in [0.2, 0.25) is 0 Å². The molecule has 1 amide bonds. The summed E-state index contributed by atoms with van der Waals surface area (Å²) in [5.74, 6) is -0.348. The average molecular weight is 347 g/mol. The minimum atomic E-state index is -0.886. The maximum absolute atomic E-state index is 12.3. The van der Waals surface area contributed by atoms with Crippen LogP contribution in [-0.2, 0) is 27.2 Å². The van der Waals surface area contributed by atoms with Gasteiger partial charge in [0, 0.05) is 19.6 Å². The van der Waals surface area contributed by atoms with Crippen LogP contribution in [0.4, 0.5) is 0 Å². The summed E-state index contributed by atoms with van der Waals surface area (Å²) in [4.78, 5) is 23.5. The van der Waals surface area contributed by atoms with Gasteiger partial charge >= 0.3 is 5.97 Å². The molecule has 5 heteroatoms. The number of aliphatic carboxylic acids is 1. The lowest BCUT2D eigenvalue weighted by atomic mass is 9.86. The number of rotatable bonds is 8. The maximum Gasteiger partial charge on any atom is 0.305 e. The van der Waals surface area contributed by atoms with E-state index in [2.05, 4.69) is 43.4 Å². The van der Waals surface area contributed by atoms with Crippen LogP contribution in [0.1, 0.15) is 50.7 Å². The second kappa shape index (κ2) is 8.99. The van der Waals surface area contributed by atoms with Crippen LogP contribution in [-0.4, -0.2) is 35.7 Å². The van der Waals surface area contributed by atoms with E-state index < -0.39 is 11.5 Å². The summed E-state index contributed by atoms with van der Waals surface area (Å²) in [6.45, 7) is 5.37. The van der Waals surface area contributed by atoms with E-state index in [1.807, 2.05) is 0 Å². The molecule has 1 heterocycles. The second-order valence-electron chi connectivity index (χ2n) is 7.43. The van der Waals surface area contributed by atoms with E-state index in [1.54, 1.807) is 0 Å². The van der Waals surface area contributed by atoms with Crippen molar-refractivity contribution in [3.05, 3.63) is 35.4 Å². The third-order valence-electron chi connectivity index (χ3n) is 4.65. The van der Waals surface area contributed by atoms with Crippen LogP contribution in [0.25, 0.3) is 0 Å². The summed E-state index contributed by atoms with van der Waals surface area (Å²) in [7, 11) is 0. The molecule has 1 aromatic carbocycles. The van der Waals surface area contributed by atoms with Crippen LogP contribution in [0.5, 0.6) is 0 Å². The van der Waals surface area contributed by atoms with Crippen molar-refractivity contribution in [2.75, 3.05) is 13.2 Å². The van der Waals surface area contributed by atoms with E-state index in [-0.39, 0.29) is 12.3 Å². The fourth-order valence-corrected chi connectivity index (χ4v) is 3.33. The average Bonchev–Trinajstić information content (AvgIpc) is 2.53. The molecule has 0 unspecified atom stereocenters. The zero-order chi connectivity index (χ0) is 18.3. The van der Waals surface area contributed by atoms with Crippen LogP contribution in [0.3, 0.4) is 0 Å². The number of amides is 1. The van der Waals surface area contributed by atoms with Crippen molar-refractivity contribution in [1.82, 2.24) is 5.32 Å². The summed E-state index contributed by atoms with van der Waals surface area (Å²) in [6, 6.07) is 8.40. The number of carboxylic acid groups (broad SMARTS) is 1. The lowest BCUT2D eigenvalue weighted by molar-refractivity contribution is -0.140. The summed E-state index contributed by atoms with van der Waals surface area (Å²) >= 11 is 0. The van der Waals surface area contributed by atoms with Gasteiger partial charge in [-0.05, 0) is 42.7 Å². The monoisotopic (exact) mass is 347 g/mol. The molecule has 0 atom stereocenters. The maximum atomic E-state index is 12.3. The van der Waals surface area contributed by atoms with E-state index >= 15 is 0 Å². The molecule has 138 valence electrons. The molecule has 25 heavy (non-hydrogen) atoms. The highest BCUT2D eigenvalue weighted by molar-refractivity contribution is 5.78. The molecule has 5 nitrogen and oxygen atoms in total. The van der Waals surface area contributed by atoms with Gasteiger partial charge in [-0.15, -0.1) is 0 Å². The van der Waals surface area contributed by atoms with Crippen LogP contribution < -0.4 is 5.32 Å². The van der Waals surface area contributed by atoms with Gasteiger partial charge in [0.05, 0.1) is 12.0 Å². The lowest BCUT2D eigenvalue weighted by Crippen LogP contribution is -2.53. The van der Waals surface area contributed by atoms with Crippen molar-refractivity contribution in [2.45, 2.75) is 57.9 Å². The largest absolute Gasteiger partial charge is 0.481 e. The molecule has 1 fully saturated rings. The molecule has 1 aliphatic heterocycles. The quantitative estimate of drug-likeness (QED) is 0.758. The van der Waals surface area contributed by atoms with Gasteiger partial charge in [0.1, 0.15) is 0 Å². The number of hydrogen-bond acceptors (Lipinski definition) is 3. The van der Waals surface area contributed by atoms with Gasteiger partial charge in [0.25, 0.3) is 0 Å². The Morgan fingerprint density at radius 3 is 2.32 bits per heavy atom. The standard InChI is InChI=1S/C20H29NO4/c1-15(2)13-17-5-3-16(4-6-17)7-8-18(22)21-20(14-19(23)24)9-11-25-12-10-20/h3-6,15H,7-14H2,1-2H3,(H,21,22)(H,23,24). The number of ether oxygens (including phenoxy) is 1. The van der Waals surface area contributed by atoms with Gasteiger partial charge in [-0.2, -0.15) is 0 Å². The predicted octanol–water partition coefficient (Wildman–Crippen LogP) is 2.96. The van der Waals surface area contributed by atoms with Crippen molar-refractivity contribution < 1.29 is 19.4 Å². The van der Waals surface area contributed by atoms with Crippen molar-refractivity contribution in [3.63, 3.8) is 0 Å². The van der Waals surface area contributed by atoms with Gasteiger partial charge in [0.2, 0.25) is 5.91 Å². The normalized spacial score (nSPS) is 16.6. The van der Waals surface area contributed by atoms with Gasteiger partial charge in [-0.25, -0.2) is 0 Å². The molecule has 2 rings (SSSR count). The van der Waals surface area contributed by atoms with Gasteiger partial charge in [0.15, 0.2) is 0 Å². The van der Waals surface area contributed by atoms with E-state index in [9.17, 15) is 9.59 Å². The predicted molar refractivity (Wildman–Crippen MR) is 96.5 cm³/mol. The molecule has 0 aromatic heterocycles. The minimum absolute atomic E-state index is 0.0496. The Hall–Kier alpha value is -1.88. The van der Waals surface area contributed by atoms with Gasteiger partial charge in [-0.3, -0.25) is 9.59 Å². The van der Waals surface area contributed by atoms with Crippen LogP contribution in [0, 0.1) is 5.92 Å². The SMILES string of the molecule is CC(C)Cc1ccc(CCC(=O)NC2(CC(=O)O)CCOCC2)cc1. The molecule has 1 aliphatic rings. The van der Waals surface area contributed by atoms with Crippen molar-refractivity contribution in [2.24, 2.45) is 5.92 Å². The van der Waals surface area contributed by atoms with E-state index in [0.717, 1.165) is 12.0 Å². The summed E-state index contributed by atoms with van der Waals surface area (Å²) < 4.78 is 5.31. The molecule has 0 aliphatic carbocycles. The highest BCUT2D eigenvalue weighted by atomic mass is 16.5. The first-order chi connectivity index (χ1) is 11.9. The summed E-state index contributed by atoms with van der Waals surface area (Å²) in [5, 5.41) is 12.1.